The molecule has 1 amide bonds. The first-order valence-corrected chi connectivity index (χ1v) is 9.18. The van der Waals surface area contributed by atoms with E-state index in [-0.39, 0.29) is 18.0 Å². The third-order valence-corrected chi connectivity index (χ3v) is 5.55. The van der Waals surface area contributed by atoms with E-state index in [2.05, 4.69) is 17.0 Å². The Morgan fingerprint density at radius 3 is 2.75 bits per heavy atom. The smallest absolute Gasteiger partial charge is 0.226 e. The normalized spacial score (nSPS) is 29.5. The lowest BCUT2D eigenvalue weighted by molar-refractivity contribution is -0.137. The molecule has 2 fully saturated rings. The van der Waals surface area contributed by atoms with Gasteiger partial charge in [-0.1, -0.05) is 12.5 Å². The maximum absolute atomic E-state index is 13.0. The highest BCUT2D eigenvalue weighted by Gasteiger charge is 2.36. The highest BCUT2D eigenvalue weighted by molar-refractivity contribution is 5.80. The molecule has 130 valence electrons. The van der Waals surface area contributed by atoms with Crippen LogP contribution in [0.2, 0.25) is 0 Å². The largest absolute Gasteiger partial charge is 0.486 e. The molecule has 1 aromatic rings. The van der Waals surface area contributed by atoms with Gasteiger partial charge in [-0.25, -0.2) is 0 Å². The van der Waals surface area contributed by atoms with Crippen molar-refractivity contribution in [1.29, 1.82) is 0 Å². The summed E-state index contributed by atoms with van der Waals surface area (Å²) in [5.41, 5.74) is 7.24. The molecule has 4 rings (SSSR count). The number of hydrogen-bond donors (Lipinski definition) is 1. The van der Waals surface area contributed by atoms with Crippen LogP contribution in [0.3, 0.4) is 0 Å². The van der Waals surface area contributed by atoms with Gasteiger partial charge >= 0.3 is 0 Å². The molecule has 0 unspecified atom stereocenters. The molecule has 0 bridgehead atoms. The van der Waals surface area contributed by atoms with E-state index < -0.39 is 0 Å². The van der Waals surface area contributed by atoms with Crippen LogP contribution in [0.25, 0.3) is 0 Å². The molecule has 5 nitrogen and oxygen atoms in total. The van der Waals surface area contributed by atoms with Gasteiger partial charge in [-0.05, 0) is 49.8 Å². The number of carbonyl (C=O) groups is 1. The lowest BCUT2D eigenvalue weighted by Gasteiger charge is -2.33. The maximum Gasteiger partial charge on any atom is 0.226 e. The van der Waals surface area contributed by atoms with Gasteiger partial charge in [0.1, 0.15) is 13.2 Å². The van der Waals surface area contributed by atoms with E-state index in [4.69, 9.17) is 15.2 Å². The monoisotopic (exact) mass is 330 g/mol. The van der Waals surface area contributed by atoms with Gasteiger partial charge in [0.25, 0.3) is 0 Å². The van der Waals surface area contributed by atoms with Gasteiger partial charge in [-0.3, -0.25) is 4.79 Å². The SMILES string of the molecule is N[C@@H]1CCC[C@@H](C(=O)N2CCC[C@H]2c2ccc3c(c2)OCCO3)C1. The summed E-state index contributed by atoms with van der Waals surface area (Å²) < 4.78 is 11.3. The molecular weight excluding hydrogens is 304 g/mol. The van der Waals surface area contributed by atoms with Crippen molar-refractivity contribution in [3.05, 3.63) is 23.8 Å². The number of nitrogens with two attached hydrogens (primary N) is 1. The molecule has 2 aliphatic heterocycles. The molecule has 3 atom stereocenters. The van der Waals surface area contributed by atoms with E-state index >= 15 is 0 Å². The molecule has 1 saturated carbocycles. The van der Waals surface area contributed by atoms with E-state index in [1.54, 1.807) is 0 Å². The second-order valence-corrected chi connectivity index (χ2v) is 7.22. The number of rotatable bonds is 2. The zero-order chi connectivity index (χ0) is 16.5. The summed E-state index contributed by atoms with van der Waals surface area (Å²) >= 11 is 0. The number of likely N-dealkylation sites (tertiary alicyclic amines) is 1. The predicted molar refractivity (Wildman–Crippen MR) is 91.1 cm³/mol. The van der Waals surface area contributed by atoms with Gasteiger partial charge < -0.3 is 20.1 Å². The Kier molecular flexibility index (Phi) is 4.35. The Labute approximate surface area is 143 Å². The van der Waals surface area contributed by atoms with Crippen molar-refractivity contribution in [2.75, 3.05) is 19.8 Å². The van der Waals surface area contributed by atoms with Crippen molar-refractivity contribution in [3.8, 4) is 11.5 Å². The first-order valence-electron chi connectivity index (χ1n) is 9.18. The van der Waals surface area contributed by atoms with Gasteiger partial charge in [-0.2, -0.15) is 0 Å². The maximum atomic E-state index is 13.0. The lowest BCUT2D eigenvalue weighted by Crippen LogP contribution is -2.40. The van der Waals surface area contributed by atoms with Crippen LogP contribution in [0.5, 0.6) is 11.5 Å². The molecule has 2 N–H and O–H groups in total. The van der Waals surface area contributed by atoms with Crippen LogP contribution in [-0.4, -0.2) is 36.6 Å². The summed E-state index contributed by atoms with van der Waals surface area (Å²) in [4.78, 5) is 15.1. The quantitative estimate of drug-likeness (QED) is 0.905. The van der Waals surface area contributed by atoms with Gasteiger partial charge in [0.15, 0.2) is 11.5 Å². The average Bonchev–Trinajstić information content (AvgIpc) is 3.10. The first kappa shape index (κ1) is 15.8. The van der Waals surface area contributed by atoms with Crippen molar-refractivity contribution in [3.63, 3.8) is 0 Å². The molecule has 1 aromatic carbocycles. The Morgan fingerprint density at radius 2 is 1.92 bits per heavy atom. The van der Waals surface area contributed by atoms with Gasteiger partial charge in [0.05, 0.1) is 6.04 Å². The van der Waals surface area contributed by atoms with E-state index in [1.807, 2.05) is 6.07 Å². The molecule has 5 heteroatoms. The molecule has 0 spiro atoms. The third-order valence-electron chi connectivity index (χ3n) is 5.55. The molecule has 0 aromatic heterocycles. The number of amides is 1. The highest BCUT2D eigenvalue weighted by Crippen LogP contribution is 2.39. The Balaban J connectivity index is 1.53. The zero-order valence-corrected chi connectivity index (χ0v) is 14.1. The summed E-state index contributed by atoms with van der Waals surface area (Å²) in [5.74, 6) is 2.01. The standard InChI is InChI=1S/C19H26N2O3/c20-15-4-1-3-14(11-15)19(22)21-8-2-5-16(21)13-6-7-17-18(12-13)24-10-9-23-17/h6-7,12,14-16H,1-5,8-11,20H2/t14-,15-,16+/m1/s1. The Bertz CT molecular complexity index is 619. The Hall–Kier alpha value is -1.75. The molecular formula is C19H26N2O3. The number of hydrogen-bond acceptors (Lipinski definition) is 4. The van der Waals surface area contributed by atoms with Crippen LogP contribution in [0.15, 0.2) is 18.2 Å². The van der Waals surface area contributed by atoms with Crippen LogP contribution in [0.1, 0.15) is 50.1 Å². The van der Waals surface area contributed by atoms with Crippen LogP contribution in [0, 0.1) is 5.92 Å². The lowest BCUT2D eigenvalue weighted by atomic mass is 9.85. The summed E-state index contributed by atoms with van der Waals surface area (Å²) in [5, 5.41) is 0. The minimum atomic E-state index is 0.103. The van der Waals surface area contributed by atoms with Crippen molar-refractivity contribution in [1.82, 2.24) is 4.90 Å². The highest BCUT2D eigenvalue weighted by atomic mass is 16.6. The number of nitrogens with zero attached hydrogens (tertiary/aromatic N) is 1. The van der Waals surface area contributed by atoms with Gasteiger partial charge in [0, 0.05) is 18.5 Å². The topological polar surface area (TPSA) is 64.8 Å². The second-order valence-electron chi connectivity index (χ2n) is 7.22. The van der Waals surface area contributed by atoms with Crippen LogP contribution in [-0.2, 0) is 4.79 Å². The summed E-state index contributed by atoms with van der Waals surface area (Å²) in [6, 6.07) is 6.45. The summed E-state index contributed by atoms with van der Waals surface area (Å²) in [6.45, 7) is 2.04. The fraction of sp³-hybridized carbons (Fsp3) is 0.632. The third kappa shape index (κ3) is 2.97. The molecule has 1 saturated heterocycles. The zero-order valence-electron chi connectivity index (χ0n) is 14.1. The van der Waals surface area contributed by atoms with Crippen LogP contribution < -0.4 is 15.2 Å². The van der Waals surface area contributed by atoms with Crippen LogP contribution >= 0.6 is 0 Å². The van der Waals surface area contributed by atoms with E-state index in [1.165, 1.54) is 0 Å². The molecule has 3 aliphatic rings. The fourth-order valence-corrected chi connectivity index (χ4v) is 4.33. The summed E-state index contributed by atoms with van der Waals surface area (Å²) in [7, 11) is 0. The van der Waals surface area contributed by atoms with Crippen molar-refractivity contribution in [2.24, 2.45) is 11.7 Å². The van der Waals surface area contributed by atoms with Crippen molar-refractivity contribution < 1.29 is 14.3 Å². The average molecular weight is 330 g/mol. The molecule has 1 aliphatic carbocycles. The number of benzene rings is 1. The van der Waals surface area contributed by atoms with E-state index in [0.29, 0.717) is 19.1 Å². The van der Waals surface area contributed by atoms with E-state index in [9.17, 15) is 4.79 Å². The number of ether oxygens (including phenoxy) is 2. The van der Waals surface area contributed by atoms with Gasteiger partial charge in [0.2, 0.25) is 5.91 Å². The fourth-order valence-electron chi connectivity index (χ4n) is 4.33. The first-order chi connectivity index (χ1) is 11.7. The molecule has 24 heavy (non-hydrogen) atoms. The molecule has 2 heterocycles. The predicted octanol–water partition coefficient (Wildman–Crippen LogP) is 2.64. The molecule has 0 radical (unpaired) electrons. The van der Waals surface area contributed by atoms with Crippen molar-refractivity contribution in [2.45, 2.75) is 50.6 Å². The number of carbonyl (C=O) groups excluding carboxylic acids is 1. The second kappa shape index (κ2) is 6.63. The summed E-state index contributed by atoms with van der Waals surface area (Å²) in [6.07, 6.45) is 6.02. The van der Waals surface area contributed by atoms with Crippen molar-refractivity contribution >= 4 is 5.91 Å². The van der Waals surface area contributed by atoms with Gasteiger partial charge in [-0.15, -0.1) is 0 Å². The minimum absolute atomic E-state index is 0.103. The Morgan fingerprint density at radius 1 is 1.08 bits per heavy atom. The van der Waals surface area contributed by atoms with E-state index in [0.717, 1.165) is 62.1 Å². The number of fused-ring (bicyclic) bond motifs is 1. The minimum Gasteiger partial charge on any atom is -0.486 e. The van der Waals surface area contributed by atoms with Crippen LogP contribution in [0.4, 0.5) is 0 Å².